The second kappa shape index (κ2) is 6.29. The highest BCUT2D eigenvalue weighted by atomic mass is 32.2. The summed E-state index contributed by atoms with van der Waals surface area (Å²) in [6, 6.07) is 0. The molecular weight excluding hydrogens is 204 g/mol. The number of thioether (sulfide) groups is 1. The third-order valence-corrected chi connectivity index (χ3v) is 1.66. The van der Waals surface area contributed by atoms with E-state index in [2.05, 4.69) is 9.68 Å². The summed E-state index contributed by atoms with van der Waals surface area (Å²) >= 11 is 1.27. The van der Waals surface area contributed by atoms with Gasteiger partial charge in [-0.05, 0) is 6.26 Å². The fourth-order valence-corrected chi connectivity index (χ4v) is 1.09. The summed E-state index contributed by atoms with van der Waals surface area (Å²) in [5.41, 5.74) is 0. The monoisotopic (exact) mass is 212 g/mol. The maximum absolute atomic E-state index is 9.88. The summed E-state index contributed by atoms with van der Waals surface area (Å²) in [6.07, 6.45) is 0.790. The van der Waals surface area contributed by atoms with Crippen molar-refractivity contribution in [3.63, 3.8) is 0 Å². The molecule has 13 heavy (non-hydrogen) atoms. The van der Waals surface area contributed by atoms with Crippen LogP contribution in [0.5, 0.6) is 0 Å². The lowest BCUT2D eigenvalue weighted by Gasteiger charge is -2.11. The van der Waals surface area contributed by atoms with Crippen molar-refractivity contribution in [3.05, 3.63) is 20.2 Å². The fraction of sp³-hybridized carbons (Fsp3) is 1.00. The van der Waals surface area contributed by atoms with E-state index in [1.54, 1.807) is 6.26 Å². The van der Waals surface area contributed by atoms with Crippen LogP contribution >= 0.6 is 11.8 Å². The summed E-state index contributed by atoms with van der Waals surface area (Å²) < 4.78 is 0. The molecule has 0 N–H and O–H groups in total. The standard InChI is InChI=1S/C4H8N2O6S/c1-13-3-4(12-6(9)10)2-11-5(7)8/h4H,2-3H2,1H3. The van der Waals surface area contributed by atoms with Crippen molar-refractivity contribution >= 4 is 11.8 Å². The molecule has 0 rings (SSSR count). The van der Waals surface area contributed by atoms with E-state index in [1.165, 1.54) is 11.8 Å². The zero-order valence-corrected chi connectivity index (χ0v) is 7.56. The quantitative estimate of drug-likeness (QED) is 0.436. The number of hydrogen-bond donors (Lipinski definition) is 0. The molecule has 1 unspecified atom stereocenters. The van der Waals surface area contributed by atoms with E-state index in [0.29, 0.717) is 0 Å². The highest BCUT2D eigenvalue weighted by Gasteiger charge is 2.14. The molecule has 0 aliphatic rings. The fourth-order valence-electron chi connectivity index (χ4n) is 0.561. The molecule has 0 saturated carbocycles. The van der Waals surface area contributed by atoms with Crippen molar-refractivity contribution in [2.24, 2.45) is 0 Å². The zero-order chi connectivity index (χ0) is 10.3. The van der Waals surface area contributed by atoms with Crippen LogP contribution in [0.2, 0.25) is 0 Å². The molecule has 0 aromatic carbocycles. The molecule has 0 aliphatic heterocycles. The highest BCUT2D eigenvalue weighted by molar-refractivity contribution is 7.98. The Hall–Kier alpha value is -1.25. The Balaban J connectivity index is 3.79. The normalized spacial score (nSPS) is 11.8. The van der Waals surface area contributed by atoms with Crippen LogP contribution in [0.25, 0.3) is 0 Å². The van der Waals surface area contributed by atoms with Crippen molar-refractivity contribution in [3.8, 4) is 0 Å². The molecule has 0 saturated heterocycles. The molecular formula is C4H8N2O6S. The van der Waals surface area contributed by atoms with Gasteiger partial charge in [0.15, 0.2) is 0 Å². The number of hydrogen-bond acceptors (Lipinski definition) is 7. The van der Waals surface area contributed by atoms with Crippen LogP contribution in [-0.2, 0) is 9.68 Å². The van der Waals surface area contributed by atoms with Crippen molar-refractivity contribution in [1.29, 1.82) is 0 Å². The summed E-state index contributed by atoms with van der Waals surface area (Å²) in [4.78, 5) is 27.7. The van der Waals surface area contributed by atoms with Gasteiger partial charge in [-0.3, -0.25) is 0 Å². The third kappa shape index (κ3) is 7.12. The van der Waals surface area contributed by atoms with Gasteiger partial charge in [0.1, 0.15) is 12.7 Å². The SMILES string of the molecule is CSCC(CO[N+](=O)[O-])O[N+](=O)[O-]. The van der Waals surface area contributed by atoms with Crippen molar-refractivity contribution < 1.29 is 19.8 Å². The molecule has 0 aliphatic carbocycles. The topological polar surface area (TPSA) is 105 Å². The van der Waals surface area contributed by atoms with Gasteiger partial charge in [-0.1, -0.05) is 0 Å². The van der Waals surface area contributed by atoms with Crippen LogP contribution in [0.1, 0.15) is 0 Å². The molecule has 0 aromatic rings. The summed E-state index contributed by atoms with van der Waals surface area (Å²) in [5.74, 6) is 0.259. The second-order valence-corrected chi connectivity index (χ2v) is 2.84. The van der Waals surface area contributed by atoms with Gasteiger partial charge in [0.2, 0.25) is 0 Å². The molecule has 1 atom stereocenters. The van der Waals surface area contributed by atoms with Crippen LogP contribution < -0.4 is 0 Å². The molecule has 0 aromatic heterocycles. The average Bonchev–Trinajstić information content (AvgIpc) is 1.99. The van der Waals surface area contributed by atoms with Gasteiger partial charge in [-0.25, -0.2) is 0 Å². The first-order chi connectivity index (χ1) is 6.06. The first kappa shape index (κ1) is 11.8. The van der Waals surface area contributed by atoms with Crippen molar-refractivity contribution in [2.45, 2.75) is 6.10 Å². The van der Waals surface area contributed by atoms with Crippen molar-refractivity contribution in [2.75, 3.05) is 18.6 Å². The van der Waals surface area contributed by atoms with Gasteiger partial charge in [0.25, 0.3) is 10.2 Å². The van der Waals surface area contributed by atoms with Gasteiger partial charge >= 0.3 is 0 Å². The molecule has 8 nitrogen and oxygen atoms in total. The van der Waals surface area contributed by atoms with Crippen LogP contribution in [0.3, 0.4) is 0 Å². The van der Waals surface area contributed by atoms with E-state index in [4.69, 9.17) is 0 Å². The Labute approximate surface area is 77.4 Å². The molecule has 9 heteroatoms. The van der Waals surface area contributed by atoms with E-state index >= 15 is 0 Å². The number of rotatable bonds is 7. The Morgan fingerprint density at radius 1 is 1.38 bits per heavy atom. The summed E-state index contributed by atoms with van der Waals surface area (Å²) in [5, 5.41) is 17.6. The average molecular weight is 212 g/mol. The first-order valence-corrected chi connectivity index (χ1v) is 4.53. The van der Waals surface area contributed by atoms with Crippen LogP contribution in [-0.4, -0.2) is 34.9 Å². The smallest absolute Gasteiger partial charge is 0.294 e. The molecule has 0 spiro atoms. The van der Waals surface area contributed by atoms with Gasteiger partial charge in [-0.15, -0.1) is 20.2 Å². The predicted molar refractivity (Wildman–Crippen MR) is 43.2 cm³/mol. The minimum atomic E-state index is -1.02. The van der Waals surface area contributed by atoms with Gasteiger partial charge in [0, 0.05) is 5.75 Å². The van der Waals surface area contributed by atoms with E-state index in [-0.39, 0.29) is 5.75 Å². The maximum atomic E-state index is 9.88. The summed E-state index contributed by atoms with van der Waals surface area (Å²) in [6.45, 7) is -0.436. The van der Waals surface area contributed by atoms with Crippen LogP contribution in [0, 0.1) is 20.2 Å². The second-order valence-electron chi connectivity index (χ2n) is 1.93. The molecule has 0 heterocycles. The Bertz CT molecular complexity index is 187. The van der Waals surface area contributed by atoms with E-state index in [9.17, 15) is 20.2 Å². The first-order valence-electron chi connectivity index (χ1n) is 3.13. The number of nitrogens with zero attached hydrogens (tertiary/aromatic N) is 2. The minimum absolute atomic E-state index is 0.259. The van der Waals surface area contributed by atoms with Crippen molar-refractivity contribution in [1.82, 2.24) is 0 Å². The Kier molecular flexibility index (Phi) is 5.68. The largest absolute Gasteiger partial charge is 0.312 e. The van der Waals surface area contributed by atoms with Crippen LogP contribution in [0.15, 0.2) is 0 Å². The molecule has 76 valence electrons. The molecule has 0 radical (unpaired) electrons. The lowest BCUT2D eigenvalue weighted by atomic mass is 10.4. The molecule has 0 amide bonds. The molecule has 0 fully saturated rings. The Morgan fingerprint density at radius 2 is 2.00 bits per heavy atom. The lowest BCUT2D eigenvalue weighted by Crippen LogP contribution is -2.26. The van der Waals surface area contributed by atoms with Gasteiger partial charge in [0.05, 0.1) is 0 Å². The predicted octanol–water partition coefficient (Wildman–Crippen LogP) is 0.135. The van der Waals surface area contributed by atoms with Gasteiger partial charge < -0.3 is 9.68 Å². The molecule has 0 bridgehead atoms. The third-order valence-electron chi connectivity index (χ3n) is 0.954. The zero-order valence-electron chi connectivity index (χ0n) is 6.74. The summed E-state index contributed by atoms with van der Waals surface area (Å²) in [7, 11) is 0. The minimum Gasteiger partial charge on any atom is -0.312 e. The lowest BCUT2D eigenvalue weighted by molar-refractivity contribution is -0.788. The Morgan fingerprint density at radius 3 is 2.38 bits per heavy atom. The van der Waals surface area contributed by atoms with Gasteiger partial charge in [-0.2, -0.15) is 11.8 Å². The maximum Gasteiger partial charge on any atom is 0.294 e. The van der Waals surface area contributed by atoms with Crippen LogP contribution in [0.4, 0.5) is 0 Å². The van der Waals surface area contributed by atoms with E-state index in [0.717, 1.165) is 0 Å². The van der Waals surface area contributed by atoms with E-state index in [1.807, 2.05) is 0 Å². The highest BCUT2D eigenvalue weighted by Crippen LogP contribution is 2.02. The van der Waals surface area contributed by atoms with E-state index < -0.39 is 22.9 Å².